The Kier molecular flexibility index (Phi) is 8.21. The molecule has 0 unspecified atom stereocenters. The number of rotatable bonds is 10. The van der Waals surface area contributed by atoms with E-state index in [1.807, 2.05) is 26.0 Å². The third kappa shape index (κ3) is 6.74. The van der Waals surface area contributed by atoms with E-state index in [-0.39, 0.29) is 35.5 Å². The van der Waals surface area contributed by atoms with Crippen LogP contribution < -0.4 is 10.0 Å². The number of carbonyl (C=O) groups excluding carboxylic acids is 2. The molecule has 0 radical (unpaired) electrons. The zero-order valence-electron chi connectivity index (χ0n) is 18.8. The van der Waals surface area contributed by atoms with Gasteiger partial charge in [-0.1, -0.05) is 37.1 Å². The molecule has 7 heteroatoms. The molecule has 0 saturated heterocycles. The highest BCUT2D eigenvalue weighted by molar-refractivity contribution is 7.89. The number of aryl methyl sites for hydroxylation is 2. The van der Waals surface area contributed by atoms with E-state index in [9.17, 15) is 18.0 Å². The lowest BCUT2D eigenvalue weighted by Gasteiger charge is -2.13. The average Bonchev–Trinajstić information content (AvgIpc) is 3.26. The first kappa shape index (κ1) is 24.1. The van der Waals surface area contributed by atoms with Gasteiger partial charge in [-0.3, -0.25) is 9.59 Å². The van der Waals surface area contributed by atoms with Crippen molar-refractivity contribution in [1.29, 1.82) is 0 Å². The molecule has 2 aromatic carbocycles. The molecule has 1 saturated carbocycles. The van der Waals surface area contributed by atoms with Crippen molar-refractivity contribution in [2.45, 2.75) is 69.7 Å². The first-order valence-corrected chi connectivity index (χ1v) is 12.7. The second-order valence-corrected chi connectivity index (χ2v) is 10.3. The molecular formula is C25H32N2O4S. The maximum atomic E-state index is 12.5. The van der Waals surface area contributed by atoms with Gasteiger partial charge in [-0.05, 0) is 68.0 Å². The quantitative estimate of drug-likeness (QED) is 0.531. The lowest BCUT2D eigenvalue weighted by atomic mass is 10.0. The second kappa shape index (κ2) is 10.9. The topological polar surface area (TPSA) is 92.3 Å². The van der Waals surface area contributed by atoms with Crippen LogP contribution in [0.15, 0.2) is 47.4 Å². The van der Waals surface area contributed by atoms with Crippen LogP contribution in [0.4, 0.5) is 0 Å². The first-order valence-electron chi connectivity index (χ1n) is 11.2. The fraction of sp³-hybridized carbons (Fsp3) is 0.440. The largest absolute Gasteiger partial charge is 0.356 e. The molecule has 2 N–H and O–H groups in total. The molecular weight excluding hydrogens is 424 g/mol. The van der Waals surface area contributed by atoms with Gasteiger partial charge in [0.2, 0.25) is 15.9 Å². The van der Waals surface area contributed by atoms with Crippen LogP contribution in [0.1, 0.15) is 65.6 Å². The number of amides is 1. The molecule has 172 valence electrons. The van der Waals surface area contributed by atoms with Crippen molar-refractivity contribution in [1.82, 2.24) is 10.0 Å². The van der Waals surface area contributed by atoms with Crippen LogP contribution in [0.2, 0.25) is 0 Å². The molecule has 6 nitrogen and oxygen atoms in total. The van der Waals surface area contributed by atoms with Crippen LogP contribution in [-0.4, -0.2) is 32.7 Å². The monoisotopic (exact) mass is 456 g/mol. The summed E-state index contributed by atoms with van der Waals surface area (Å²) in [5.74, 6) is -0.201. The molecule has 0 spiro atoms. The van der Waals surface area contributed by atoms with Gasteiger partial charge in [0.15, 0.2) is 5.78 Å². The van der Waals surface area contributed by atoms with Crippen LogP contribution >= 0.6 is 0 Å². The highest BCUT2D eigenvalue weighted by Gasteiger charge is 2.22. The smallest absolute Gasteiger partial charge is 0.240 e. The predicted molar refractivity (Wildman–Crippen MR) is 125 cm³/mol. The van der Waals surface area contributed by atoms with Gasteiger partial charge in [-0.15, -0.1) is 0 Å². The number of ketones is 1. The summed E-state index contributed by atoms with van der Waals surface area (Å²) in [4.78, 5) is 24.7. The van der Waals surface area contributed by atoms with E-state index in [1.165, 1.54) is 0 Å². The van der Waals surface area contributed by atoms with Gasteiger partial charge in [0, 0.05) is 31.0 Å². The summed E-state index contributed by atoms with van der Waals surface area (Å²) >= 11 is 0. The Morgan fingerprint density at radius 2 is 1.62 bits per heavy atom. The van der Waals surface area contributed by atoms with Crippen molar-refractivity contribution in [2.24, 2.45) is 0 Å². The third-order valence-electron chi connectivity index (χ3n) is 6.05. The van der Waals surface area contributed by atoms with Gasteiger partial charge in [0.1, 0.15) is 0 Å². The normalized spacial score (nSPS) is 14.4. The molecule has 1 aliphatic rings. The fourth-order valence-electron chi connectivity index (χ4n) is 3.89. The van der Waals surface area contributed by atoms with Gasteiger partial charge >= 0.3 is 0 Å². The minimum atomic E-state index is -3.49. The molecule has 0 aromatic heterocycles. The Bertz CT molecular complexity index is 1060. The lowest BCUT2D eigenvalue weighted by molar-refractivity contribution is -0.121. The third-order valence-corrected chi connectivity index (χ3v) is 7.59. The number of hydrogen-bond donors (Lipinski definition) is 2. The van der Waals surface area contributed by atoms with Crippen LogP contribution in [0.25, 0.3) is 0 Å². The van der Waals surface area contributed by atoms with Crippen LogP contribution in [0, 0.1) is 13.8 Å². The lowest BCUT2D eigenvalue weighted by Crippen LogP contribution is -2.32. The molecule has 0 aliphatic heterocycles. The summed E-state index contributed by atoms with van der Waals surface area (Å²) < 4.78 is 27.7. The summed E-state index contributed by atoms with van der Waals surface area (Å²) in [5.41, 5.74) is 3.78. The maximum absolute atomic E-state index is 12.5. The van der Waals surface area contributed by atoms with E-state index in [2.05, 4.69) is 10.0 Å². The minimum absolute atomic E-state index is 0.0359. The van der Waals surface area contributed by atoms with Crippen molar-refractivity contribution in [3.05, 3.63) is 64.7 Å². The number of nitrogens with one attached hydrogen (secondary N) is 2. The molecule has 1 amide bonds. The molecule has 0 heterocycles. The van der Waals surface area contributed by atoms with Crippen molar-refractivity contribution in [2.75, 3.05) is 6.54 Å². The Balaban J connectivity index is 1.41. The van der Waals surface area contributed by atoms with E-state index in [4.69, 9.17) is 0 Å². The van der Waals surface area contributed by atoms with Gasteiger partial charge in [-0.2, -0.15) is 0 Å². The summed E-state index contributed by atoms with van der Waals surface area (Å²) in [6.45, 7) is 4.40. The van der Waals surface area contributed by atoms with Crippen molar-refractivity contribution in [3.8, 4) is 0 Å². The second-order valence-electron chi connectivity index (χ2n) is 8.57. The van der Waals surface area contributed by atoms with E-state index in [0.29, 0.717) is 18.5 Å². The van der Waals surface area contributed by atoms with Gasteiger partial charge in [0.05, 0.1) is 4.90 Å². The van der Waals surface area contributed by atoms with Crippen LogP contribution in [0.5, 0.6) is 0 Å². The fourth-order valence-corrected chi connectivity index (χ4v) is 5.19. The Hall–Kier alpha value is -2.51. The molecule has 3 rings (SSSR count). The maximum Gasteiger partial charge on any atom is 0.240 e. The molecule has 2 aromatic rings. The van der Waals surface area contributed by atoms with E-state index in [1.54, 1.807) is 30.3 Å². The van der Waals surface area contributed by atoms with Crippen molar-refractivity contribution in [3.63, 3.8) is 0 Å². The van der Waals surface area contributed by atoms with Gasteiger partial charge in [0.25, 0.3) is 0 Å². The van der Waals surface area contributed by atoms with E-state index < -0.39 is 10.0 Å². The zero-order valence-corrected chi connectivity index (χ0v) is 19.6. The average molecular weight is 457 g/mol. The molecule has 1 fully saturated rings. The number of benzene rings is 2. The minimum Gasteiger partial charge on any atom is -0.356 e. The number of Topliss-reactive ketones (excluding diaryl/α,β-unsaturated/α-hetero) is 1. The van der Waals surface area contributed by atoms with Crippen LogP contribution in [-0.2, 0) is 21.2 Å². The van der Waals surface area contributed by atoms with Crippen molar-refractivity contribution < 1.29 is 18.0 Å². The van der Waals surface area contributed by atoms with Gasteiger partial charge < -0.3 is 5.32 Å². The predicted octanol–water partition coefficient (Wildman–Crippen LogP) is 3.85. The Morgan fingerprint density at radius 3 is 2.28 bits per heavy atom. The SMILES string of the molecule is Cc1ccc(C(=O)CCC(=O)NCCc2ccc(S(=O)(=O)NC3CCCC3)cc2)cc1C. The highest BCUT2D eigenvalue weighted by Crippen LogP contribution is 2.20. The van der Waals surface area contributed by atoms with Crippen molar-refractivity contribution >= 4 is 21.7 Å². The van der Waals surface area contributed by atoms with Gasteiger partial charge in [-0.25, -0.2) is 13.1 Å². The molecule has 0 atom stereocenters. The zero-order chi connectivity index (χ0) is 23.1. The standard InChI is InChI=1S/C25H32N2O4S/c1-18-7-10-21(17-19(18)2)24(28)13-14-25(29)26-16-15-20-8-11-23(12-9-20)32(30,31)27-22-5-3-4-6-22/h7-12,17,22,27H,3-6,13-16H2,1-2H3,(H,26,29). The molecule has 1 aliphatic carbocycles. The Labute approximate surface area is 190 Å². The van der Waals surface area contributed by atoms with E-state index >= 15 is 0 Å². The van der Waals surface area contributed by atoms with E-state index in [0.717, 1.165) is 42.4 Å². The molecule has 0 bridgehead atoms. The number of sulfonamides is 1. The summed E-state index contributed by atoms with van der Waals surface area (Å²) in [6.07, 6.45) is 4.84. The summed E-state index contributed by atoms with van der Waals surface area (Å²) in [5, 5.41) is 2.83. The van der Waals surface area contributed by atoms with Crippen LogP contribution in [0.3, 0.4) is 0 Å². The number of carbonyl (C=O) groups is 2. The first-order chi connectivity index (χ1) is 15.2. The molecule has 32 heavy (non-hydrogen) atoms. The highest BCUT2D eigenvalue weighted by atomic mass is 32.2. The summed E-state index contributed by atoms with van der Waals surface area (Å²) in [6, 6.07) is 12.4. The Morgan fingerprint density at radius 1 is 0.938 bits per heavy atom. The number of hydrogen-bond acceptors (Lipinski definition) is 4. The summed E-state index contributed by atoms with van der Waals surface area (Å²) in [7, 11) is -3.49.